The van der Waals surface area contributed by atoms with Crippen molar-refractivity contribution < 1.29 is 4.79 Å². The van der Waals surface area contributed by atoms with E-state index in [1.54, 1.807) is 0 Å². The Morgan fingerprint density at radius 3 is 3.00 bits per heavy atom. The van der Waals surface area contributed by atoms with Gasteiger partial charge in [0.05, 0.1) is 17.4 Å². The summed E-state index contributed by atoms with van der Waals surface area (Å²) < 4.78 is 2.02. The van der Waals surface area contributed by atoms with E-state index in [0.717, 1.165) is 37.1 Å². The third-order valence-electron chi connectivity index (χ3n) is 4.28. The topological polar surface area (TPSA) is 37.6 Å². The Bertz CT molecular complexity index is 617. The van der Waals surface area contributed by atoms with Gasteiger partial charge in [-0.3, -0.25) is 9.20 Å². The van der Waals surface area contributed by atoms with Gasteiger partial charge < -0.3 is 4.90 Å². The number of aromatic nitrogens is 2. The van der Waals surface area contributed by atoms with Crippen LogP contribution < -0.4 is 0 Å². The van der Waals surface area contributed by atoms with Crippen molar-refractivity contribution in [3.05, 3.63) is 35.9 Å². The van der Waals surface area contributed by atoms with Crippen LogP contribution in [-0.2, 0) is 0 Å². The number of carbonyl (C=O) groups is 1. The van der Waals surface area contributed by atoms with Crippen LogP contribution in [0.1, 0.15) is 48.9 Å². The van der Waals surface area contributed by atoms with Gasteiger partial charge in [0.2, 0.25) is 0 Å². The van der Waals surface area contributed by atoms with E-state index in [-0.39, 0.29) is 0 Å². The number of imidazole rings is 1. The Morgan fingerprint density at radius 2 is 2.25 bits per heavy atom. The molecule has 1 unspecified atom stereocenters. The number of likely N-dealkylation sites (tertiary alicyclic amines) is 1. The molecule has 0 N–H and O–H groups in total. The van der Waals surface area contributed by atoms with Crippen molar-refractivity contribution in [1.82, 2.24) is 14.3 Å². The SMILES string of the molecule is CC(C)N1CCCC(c2ncc3cccc(C=O)n23)C1. The van der Waals surface area contributed by atoms with Crippen molar-refractivity contribution >= 4 is 11.8 Å². The second-order valence-corrected chi connectivity index (χ2v) is 5.87. The van der Waals surface area contributed by atoms with Gasteiger partial charge in [0.15, 0.2) is 6.29 Å². The zero-order chi connectivity index (χ0) is 14.1. The molecule has 0 radical (unpaired) electrons. The molecule has 4 heteroatoms. The zero-order valence-corrected chi connectivity index (χ0v) is 12.1. The summed E-state index contributed by atoms with van der Waals surface area (Å²) in [5.41, 5.74) is 1.70. The molecule has 3 rings (SSSR count). The summed E-state index contributed by atoms with van der Waals surface area (Å²) >= 11 is 0. The fourth-order valence-electron chi connectivity index (χ4n) is 3.16. The lowest BCUT2D eigenvalue weighted by Gasteiger charge is -2.35. The number of aldehydes is 1. The Hall–Kier alpha value is -1.68. The Labute approximate surface area is 119 Å². The van der Waals surface area contributed by atoms with Gasteiger partial charge in [-0.2, -0.15) is 0 Å². The minimum Gasteiger partial charge on any atom is -0.300 e. The number of nitrogens with zero attached hydrogens (tertiary/aromatic N) is 3. The average Bonchev–Trinajstić information content (AvgIpc) is 2.91. The van der Waals surface area contributed by atoms with Gasteiger partial charge in [-0.05, 0) is 45.4 Å². The lowest BCUT2D eigenvalue weighted by atomic mass is 9.96. The van der Waals surface area contributed by atoms with E-state index in [9.17, 15) is 4.79 Å². The normalized spacial score (nSPS) is 20.6. The monoisotopic (exact) mass is 271 g/mol. The number of fused-ring (bicyclic) bond motifs is 1. The molecular weight excluding hydrogens is 250 g/mol. The van der Waals surface area contributed by atoms with Crippen molar-refractivity contribution in [3.8, 4) is 0 Å². The van der Waals surface area contributed by atoms with Crippen LogP contribution in [0.25, 0.3) is 5.52 Å². The van der Waals surface area contributed by atoms with Gasteiger partial charge in [0.1, 0.15) is 5.82 Å². The van der Waals surface area contributed by atoms with Crippen LogP contribution in [0, 0.1) is 0 Å². The minimum absolute atomic E-state index is 0.412. The second-order valence-electron chi connectivity index (χ2n) is 5.87. The van der Waals surface area contributed by atoms with Gasteiger partial charge in [0.25, 0.3) is 0 Å². The lowest BCUT2D eigenvalue weighted by Crippen LogP contribution is -2.39. The molecule has 1 aliphatic rings. The van der Waals surface area contributed by atoms with Crippen molar-refractivity contribution in [3.63, 3.8) is 0 Å². The Balaban J connectivity index is 1.99. The molecular formula is C16H21N3O. The molecule has 0 spiro atoms. The third kappa shape index (κ3) is 2.24. The molecule has 3 heterocycles. The Kier molecular flexibility index (Phi) is 3.57. The van der Waals surface area contributed by atoms with Crippen LogP contribution in [0.5, 0.6) is 0 Å². The predicted molar refractivity (Wildman–Crippen MR) is 79.3 cm³/mol. The van der Waals surface area contributed by atoms with Crippen molar-refractivity contribution in [2.75, 3.05) is 13.1 Å². The molecule has 2 aromatic rings. The lowest BCUT2D eigenvalue weighted by molar-refractivity contribution is 0.111. The van der Waals surface area contributed by atoms with Crippen molar-refractivity contribution in [2.45, 2.75) is 38.6 Å². The maximum atomic E-state index is 11.3. The summed E-state index contributed by atoms with van der Waals surface area (Å²) in [5.74, 6) is 1.45. The summed E-state index contributed by atoms with van der Waals surface area (Å²) in [6, 6.07) is 6.33. The summed E-state index contributed by atoms with van der Waals surface area (Å²) in [5, 5.41) is 0. The minimum atomic E-state index is 0.412. The van der Waals surface area contributed by atoms with Crippen LogP contribution in [-0.4, -0.2) is 39.7 Å². The molecule has 0 saturated carbocycles. The maximum absolute atomic E-state index is 11.3. The summed E-state index contributed by atoms with van der Waals surface area (Å²) in [6.07, 6.45) is 5.13. The van der Waals surface area contributed by atoms with Gasteiger partial charge in [-0.15, -0.1) is 0 Å². The first-order valence-corrected chi connectivity index (χ1v) is 7.36. The number of hydrogen-bond acceptors (Lipinski definition) is 3. The number of piperidine rings is 1. The highest BCUT2D eigenvalue weighted by atomic mass is 16.1. The first-order chi connectivity index (χ1) is 9.70. The fraction of sp³-hybridized carbons (Fsp3) is 0.500. The molecule has 20 heavy (non-hydrogen) atoms. The summed E-state index contributed by atoms with van der Waals surface area (Å²) in [6.45, 7) is 6.67. The molecule has 0 bridgehead atoms. The first kappa shape index (κ1) is 13.3. The summed E-state index contributed by atoms with van der Waals surface area (Å²) in [4.78, 5) is 18.4. The van der Waals surface area contributed by atoms with E-state index in [1.807, 2.05) is 28.8 Å². The maximum Gasteiger partial charge on any atom is 0.166 e. The van der Waals surface area contributed by atoms with E-state index in [0.29, 0.717) is 17.7 Å². The molecule has 1 atom stereocenters. The number of carbonyl (C=O) groups excluding carboxylic acids is 1. The Morgan fingerprint density at radius 1 is 1.40 bits per heavy atom. The van der Waals surface area contributed by atoms with Gasteiger partial charge in [-0.25, -0.2) is 4.98 Å². The molecule has 2 aromatic heterocycles. The molecule has 0 aliphatic carbocycles. The number of rotatable bonds is 3. The quantitative estimate of drug-likeness (QED) is 0.806. The molecule has 106 valence electrons. The highest BCUT2D eigenvalue weighted by Crippen LogP contribution is 2.28. The molecule has 1 saturated heterocycles. The predicted octanol–water partition coefficient (Wildman–Crippen LogP) is 2.73. The van der Waals surface area contributed by atoms with Crippen LogP contribution >= 0.6 is 0 Å². The first-order valence-electron chi connectivity index (χ1n) is 7.36. The number of hydrogen-bond donors (Lipinski definition) is 0. The van der Waals surface area contributed by atoms with E-state index >= 15 is 0 Å². The van der Waals surface area contributed by atoms with E-state index < -0.39 is 0 Å². The fourth-order valence-corrected chi connectivity index (χ4v) is 3.16. The largest absolute Gasteiger partial charge is 0.300 e. The third-order valence-corrected chi connectivity index (χ3v) is 4.28. The van der Waals surface area contributed by atoms with Crippen LogP contribution in [0.2, 0.25) is 0 Å². The molecule has 0 amide bonds. The van der Waals surface area contributed by atoms with Crippen molar-refractivity contribution in [2.24, 2.45) is 0 Å². The molecule has 0 aromatic carbocycles. The standard InChI is InChI=1S/C16H21N3O/c1-12(2)18-8-4-5-13(10-18)16-17-9-14-6-3-7-15(11-20)19(14)16/h3,6-7,9,11-13H,4-5,8,10H2,1-2H3. The van der Waals surface area contributed by atoms with Gasteiger partial charge >= 0.3 is 0 Å². The zero-order valence-electron chi connectivity index (χ0n) is 12.1. The number of pyridine rings is 1. The van der Waals surface area contributed by atoms with E-state index in [1.165, 1.54) is 6.42 Å². The van der Waals surface area contributed by atoms with Gasteiger partial charge in [0, 0.05) is 18.5 Å². The molecule has 4 nitrogen and oxygen atoms in total. The molecule has 1 aliphatic heterocycles. The van der Waals surface area contributed by atoms with E-state index in [2.05, 4.69) is 23.7 Å². The second kappa shape index (κ2) is 5.37. The summed E-state index contributed by atoms with van der Waals surface area (Å²) in [7, 11) is 0. The van der Waals surface area contributed by atoms with E-state index in [4.69, 9.17) is 0 Å². The van der Waals surface area contributed by atoms with Crippen LogP contribution in [0.15, 0.2) is 24.4 Å². The van der Waals surface area contributed by atoms with Crippen LogP contribution in [0.3, 0.4) is 0 Å². The smallest absolute Gasteiger partial charge is 0.166 e. The average molecular weight is 271 g/mol. The highest BCUT2D eigenvalue weighted by Gasteiger charge is 2.26. The van der Waals surface area contributed by atoms with Gasteiger partial charge in [-0.1, -0.05) is 6.07 Å². The highest BCUT2D eigenvalue weighted by molar-refractivity contribution is 5.74. The van der Waals surface area contributed by atoms with Crippen LogP contribution in [0.4, 0.5) is 0 Å². The molecule has 1 fully saturated rings. The van der Waals surface area contributed by atoms with Crippen molar-refractivity contribution in [1.29, 1.82) is 0 Å².